The van der Waals surface area contributed by atoms with Gasteiger partial charge in [-0.15, -0.1) is 0 Å². The molecule has 0 fully saturated rings. The third kappa shape index (κ3) is 14.4. The summed E-state index contributed by atoms with van der Waals surface area (Å²) in [5, 5.41) is 0. The maximum Gasteiger partial charge on any atom is -0.0128 e. The fourth-order valence-corrected chi connectivity index (χ4v) is 6.42. The van der Waals surface area contributed by atoms with E-state index < -0.39 is 0 Å². The number of hydrogen-bond donors (Lipinski definition) is 0. The van der Waals surface area contributed by atoms with Gasteiger partial charge in [0.05, 0.1) is 0 Å². The zero-order valence-corrected chi connectivity index (χ0v) is 28.3. The van der Waals surface area contributed by atoms with Crippen LogP contribution in [0, 0.1) is 12.3 Å². The summed E-state index contributed by atoms with van der Waals surface area (Å²) in [6.45, 7) is 14.0. The van der Waals surface area contributed by atoms with Crippen LogP contribution >= 0.6 is 0 Å². The molecule has 2 aromatic rings. The molecule has 41 heavy (non-hydrogen) atoms. The maximum atomic E-state index is 2.83. The molecule has 2 aromatic carbocycles. The Hall–Kier alpha value is -1.56. The van der Waals surface area contributed by atoms with Crippen LogP contribution in [-0.4, -0.2) is 0 Å². The molecule has 2 unspecified atom stereocenters. The fourth-order valence-electron chi connectivity index (χ4n) is 6.42. The molecule has 0 bridgehead atoms. The van der Waals surface area contributed by atoms with Gasteiger partial charge in [0.2, 0.25) is 0 Å². The second-order valence-electron chi connectivity index (χ2n) is 13.1. The topological polar surface area (TPSA) is 0 Å². The molecule has 2 atom stereocenters. The predicted octanol–water partition coefficient (Wildman–Crippen LogP) is 13.0. The van der Waals surface area contributed by atoms with Gasteiger partial charge in [-0.05, 0) is 122 Å². The van der Waals surface area contributed by atoms with Gasteiger partial charge in [0.25, 0.3) is 0 Å². The molecule has 0 nitrogen and oxygen atoms in total. The molecule has 2 rings (SSSR count). The molecule has 0 aliphatic carbocycles. The Morgan fingerprint density at radius 1 is 0.439 bits per heavy atom. The van der Waals surface area contributed by atoms with E-state index >= 15 is 0 Å². The summed E-state index contributed by atoms with van der Waals surface area (Å²) in [5.74, 6) is 1.23. The minimum Gasteiger partial charge on any atom is -0.0654 e. The van der Waals surface area contributed by atoms with Gasteiger partial charge in [0.1, 0.15) is 0 Å². The molecule has 0 spiro atoms. The van der Waals surface area contributed by atoms with Crippen LogP contribution in [0.2, 0.25) is 0 Å². The molecule has 1 radical (unpaired) electrons. The van der Waals surface area contributed by atoms with Gasteiger partial charge in [-0.25, -0.2) is 0 Å². The minimum atomic E-state index is 0.575. The van der Waals surface area contributed by atoms with Crippen molar-refractivity contribution in [2.24, 2.45) is 5.92 Å². The van der Waals surface area contributed by atoms with E-state index in [4.69, 9.17) is 0 Å². The molecular formula is C41H67. The van der Waals surface area contributed by atoms with Crippen LogP contribution in [0.3, 0.4) is 0 Å². The van der Waals surface area contributed by atoms with Crippen molar-refractivity contribution in [2.75, 3.05) is 0 Å². The third-order valence-corrected chi connectivity index (χ3v) is 8.94. The van der Waals surface area contributed by atoms with Crippen LogP contribution in [0.15, 0.2) is 36.4 Å². The lowest BCUT2D eigenvalue weighted by Gasteiger charge is -2.26. The molecule has 0 aromatic heterocycles. The van der Waals surface area contributed by atoms with E-state index in [1.54, 1.807) is 33.4 Å². The lowest BCUT2D eigenvalue weighted by atomic mass is 9.79. The van der Waals surface area contributed by atoms with E-state index in [0.29, 0.717) is 11.8 Å². The highest BCUT2D eigenvalue weighted by Crippen LogP contribution is 2.34. The Balaban J connectivity index is 2.38. The van der Waals surface area contributed by atoms with E-state index in [-0.39, 0.29) is 0 Å². The summed E-state index contributed by atoms with van der Waals surface area (Å²) in [6, 6.07) is 15.4. The molecule has 0 heterocycles. The lowest BCUT2D eigenvalue weighted by Crippen LogP contribution is -2.13. The number of rotatable bonds is 24. The highest BCUT2D eigenvalue weighted by Gasteiger charge is 2.21. The van der Waals surface area contributed by atoms with Crippen LogP contribution in [0.25, 0.3) is 0 Å². The van der Waals surface area contributed by atoms with E-state index in [0.717, 1.165) is 0 Å². The first-order chi connectivity index (χ1) is 20.1. The fraction of sp³-hybridized carbons (Fsp3) is 0.683. The van der Waals surface area contributed by atoms with E-state index in [1.165, 1.54) is 128 Å². The van der Waals surface area contributed by atoms with Gasteiger partial charge in [-0.2, -0.15) is 0 Å². The molecular weight excluding hydrogens is 492 g/mol. The number of unbranched alkanes of at least 4 members (excludes halogenated alkanes) is 7. The summed E-state index contributed by atoms with van der Waals surface area (Å²) in [5.41, 5.74) is 9.52. The molecule has 0 aliphatic rings. The van der Waals surface area contributed by atoms with Crippen molar-refractivity contribution < 1.29 is 0 Å². The second-order valence-corrected chi connectivity index (χ2v) is 13.1. The number of benzene rings is 2. The molecule has 0 aliphatic heterocycles. The minimum absolute atomic E-state index is 0.575. The summed E-state index contributed by atoms with van der Waals surface area (Å²) in [4.78, 5) is 0. The average molecular weight is 560 g/mol. The van der Waals surface area contributed by atoms with Crippen LogP contribution in [0.1, 0.15) is 177 Å². The predicted molar refractivity (Wildman–Crippen MR) is 185 cm³/mol. The van der Waals surface area contributed by atoms with Gasteiger partial charge in [0, 0.05) is 0 Å². The molecule has 231 valence electrons. The Morgan fingerprint density at radius 2 is 0.854 bits per heavy atom. The Morgan fingerprint density at radius 3 is 1.29 bits per heavy atom. The monoisotopic (exact) mass is 560 g/mol. The van der Waals surface area contributed by atoms with Crippen molar-refractivity contribution in [1.82, 2.24) is 0 Å². The van der Waals surface area contributed by atoms with E-state index in [2.05, 4.69) is 84.4 Å². The molecule has 0 saturated heterocycles. The highest BCUT2D eigenvalue weighted by molar-refractivity contribution is 5.35. The van der Waals surface area contributed by atoms with Gasteiger partial charge < -0.3 is 0 Å². The van der Waals surface area contributed by atoms with Crippen LogP contribution in [0.4, 0.5) is 0 Å². The molecule has 0 heteroatoms. The zero-order valence-electron chi connectivity index (χ0n) is 28.3. The summed E-state index contributed by atoms with van der Waals surface area (Å²) in [7, 11) is 0. The summed E-state index contributed by atoms with van der Waals surface area (Å²) >= 11 is 0. The zero-order chi connectivity index (χ0) is 29.7. The van der Waals surface area contributed by atoms with Crippen molar-refractivity contribution in [3.63, 3.8) is 0 Å². The summed E-state index contributed by atoms with van der Waals surface area (Å²) in [6.07, 6.45) is 28.5. The first kappa shape index (κ1) is 35.6. The van der Waals surface area contributed by atoms with Crippen molar-refractivity contribution in [3.05, 3.63) is 76.2 Å². The molecule has 0 N–H and O–H groups in total. The Kier molecular flexibility index (Phi) is 19.2. The Labute approximate surface area is 257 Å². The van der Waals surface area contributed by atoms with Gasteiger partial charge in [-0.3, -0.25) is 0 Å². The normalized spacial score (nSPS) is 13.0. The standard InChI is InChI=1S/C41H67/c1-7-13-19-24-38(30-39-28-34(20-14-8-2)26-35(29-39)21-15-9-3)31-40(25-18-12-6)41-32-36(22-16-10-4)27-37(33-41)23-17-11-5/h26-29,31-33,38,40H,7-25,30H2,1-6H3. The van der Waals surface area contributed by atoms with Crippen LogP contribution < -0.4 is 0 Å². The lowest BCUT2D eigenvalue weighted by molar-refractivity contribution is 0.465. The highest BCUT2D eigenvalue weighted by atomic mass is 14.3. The first-order valence-electron chi connectivity index (χ1n) is 18.2. The van der Waals surface area contributed by atoms with E-state index in [1.807, 2.05) is 0 Å². The van der Waals surface area contributed by atoms with Gasteiger partial charge >= 0.3 is 0 Å². The molecule has 0 amide bonds. The van der Waals surface area contributed by atoms with E-state index in [9.17, 15) is 0 Å². The van der Waals surface area contributed by atoms with Gasteiger partial charge in [0.15, 0.2) is 0 Å². The maximum absolute atomic E-state index is 2.83. The Bertz CT molecular complexity index is 869. The SMILES string of the molecule is CCCCCC([CH]C(CCCC)c1cc(CCCC)cc(CCCC)c1)Cc1cc(CCCC)cc(CCCC)c1. The van der Waals surface area contributed by atoms with Crippen LogP contribution in [-0.2, 0) is 32.1 Å². The number of hydrogen-bond acceptors (Lipinski definition) is 0. The quantitative estimate of drug-likeness (QED) is 0.112. The average Bonchev–Trinajstić information content (AvgIpc) is 2.98. The van der Waals surface area contributed by atoms with Crippen LogP contribution in [0.5, 0.6) is 0 Å². The van der Waals surface area contributed by atoms with Crippen molar-refractivity contribution >= 4 is 0 Å². The van der Waals surface area contributed by atoms with Crippen molar-refractivity contribution in [1.29, 1.82) is 0 Å². The van der Waals surface area contributed by atoms with Crippen molar-refractivity contribution in [2.45, 2.75) is 176 Å². The third-order valence-electron chi connectivity index (χ3n) is 8.94. The van der Waals surface area contributed by atoms with Gasteiger partial charge in [-0.1, -0.05) is 136 Å². The number of aryl methyl sites for hydroxylation is 4. The molecule has 0 saturated carbocycles. The first-order valence-corrected chi connectivity index (χ1v) is 18.2. The largest absolute Gasteiger partial charge is 0.0654 e. The summed E-state index contributed by atoms with van der Waals surface area (Å²) < 4.78 is 0. The smallest absolute Gasteiger partial charge is 0.0128 e. The second kappa shape index (κ2) is 22.0. The van der Waals surface area contributed by atoms with Crippen molar-refractivity contribution in [3.8, 4) is 0 Å².